The Morgan fingerprint density at radius 1 is 1.58 bits per heavy atom. The van der Waals surface area contributed by atoms with E-state index in [9.17, 15) is 4.79 Å². The van der Waals surface area contributed by atoms with Crippen LogP contribution in [0.25, 0.3) is 0 Å². The van der Waals surface area contributed by atoms with E-state index in [1.54, 1.807) is 6.08 Å². The van der Waals surface area contributed by atoms with Crippen LogP contribution in [0.15, 0.2) is 11.6 Å². The first-order chi connectivity index (χ1) is 5.56. The maximum absolute atomic E-state index is 10.1. The quantitative estimate of drug-likeness (QED) is 0.463. The fraction of sp³-hybridized carbons (Fsp3) is 0.727. The lowest BCUT2D eigenvalue weighted by molar-refractivity contribution is -0.104. The summed E-state index contributed by atoms with van der Waals surface area (Å²) in [5, 5.41) is 0. The average molecular weight is 166 g/mol. The second kappa shape index (κ2) is 3.42. The molecule has 68 valence electrons. The Kier molecular flexibility index (Phi) is 2.71. The van der Waals surface area contributed by atoms with Gasteiger partial charge in [-0.3, -0.25) is 4.79 Å². The van der Waals surface area contributed by atoms with Crippen molar-refractivity contribution < 1.29 is 4.79 Å². The number of rotatable bonds is 4. The van der Waals surface area contributed by atoms with E-state index in [2.05, 4.69) is 13.8 Å². The molecule has 0 amide bonds. The summed E-state index contributed by atoms with van der Waals surface area (Å²) in [7, 11) is 0. The van der Waals surface area contributed by atoms with Crippen molar-refractivity contribution in [1.29, 1.82) is 0 Å². The Morgan fingerprint density at radius 2 is 2.17 bits per heavy atom. The first-order valence-electron chi connectivity index (χ1n) is 4.67. The van der Waals surface area contributed by atoms with Gasteiger partial charge in [-0.2, -0.15) is 0 Å². The molecule has 1 saturated carbocycles. The maximum Gasteiger partial charge on any atom is 0.142 e. The number of hydrogen-bond acceptors (Lipinski definition) is 1. The molecule has 0 bridgehead atoms. The van der Waals surface area contributed by atoms with E-state index < -0.39 is 0 Å². The average Bonchev–Trinajstić information content (AvgIpc) is 2.56. The summed E-state index contributed by atoms with van der Waals surface area (Å²) in [5.41, 5.74) is 1.80. The van der Waals surface area contributed by atoms with Crippen molar-refractivity contribution in [3.63, 3.8) is 0 Å². The van der Waals surface area contributed by atoms with Crippen molar-refractivity contribution in [3.8, 4) is 0 Å². The monoisotopic (exact) mass is 166 g/mol. The van der Waals surface area contributed by atoms with E-state index in [-0.39, 0.29) is 0 Å². The van der Waals surface area contributed by atoms with Crippen LogP contribution in [0.5, 0.6) is 0 Å². The van der Waals surface area contributed by atoms with Gasteiger partial charge in [0.05, 0.1) is 0 Å². The minimum Gasteiger partial charge on any atom is -0.299 e. The molecule has 0 aromatic heterocycles. The normalized spacial score (nSPS) is 26.9. The molecular weight excluding hydrogens is 148 g/mol. The molecule has 0 aliphatic heterocycles. The molecule has 0 N–H and O–H groups in total. The van der Waals surface area contributed by atoms with Gasteiger partial charge >= 0.3 is 0 Å². The molecule has 1 aliphatic carbocycles. The third-order valence-corrected chi connectivity index (χ3v) is 2.96. The van der Waals surface area contributed by atoms with E-state index >= 15 is 0 Å². The van der Waals surface area contributed by atoms with Gasteiger partial charge in [-0.25, -0.2) is 0 Å². The molecule has 0 spiro atoms. The van der Waals surface area contributed by atoms with Crippen LogP contribution in [-0.4, -0.2) is 6.29 Å². The molecule has 0 saturated heterocycles. The second-order valence-corrected chi connectivity index (χ2v) is 4.58. The van der Waals surface area contributed by atoms with Crippen molar-refractivity contribution in [2.45, 2.75) is 40.0 Å². The van der Waals surface area contributed by atoms with E-state index in [1.165, 1.54) is 18.4 Å². The molecule has 12 heavy (non-hydrogen) atoms. The number of carbonyl (C=O) groups excluding carboxylic acids is 1. The predicted octanol–water partition coefficient (Wildman–Crippen LogP) is 2.96. The molecule has 1 nitrogen and oxygen atoms in total. The Labute approximate surface area is 74.9 Å². The van der Waals surface area contributed by atoms with Crippen LogP contribution in [0.2, 0.25) is 0 Å². The van der Waals surface area contributed by atoms with Crippen LogP contribution in [0, 0.1) is 11.3 Å². The number of allylic oxidation sites excluding steroid dienone is 2. The molecule has 0 heterocycles. The van der Waals surface area contributed by atoms with E-state index in [1.807, 2.05) is 6.92 Å². The topological polar surface area (TPSA) is 17.1 Å². The number of aldehydes is 1. The summed E-state index contributed by atoms with van der Waals surface area (Å²) in [6.07, 6.45) is 6.26. The van der Waals surface area contributed by atoms with Gasteiger partial charge in [0.15, 0.2) is 0 Å². The zero-order valence-corrected chi connectivity index (χ0v) is 8.26. The van der Waals surface area contributed by atoms with Gasteiger partial charge in [-0.1, -0.05) is 19.4 Å². The lowest BCUT2D eigenvalue weighted by atomic mass is 10.0. The van der Waals surface area contributed by atoms with Gasteiger partial charge in [0.1, 0.15) is 6.29 Å². The van der Waals surface area contributed by atoms with E-state index in [0.717, 1.165) is 18.6 Å². The van der Waals surface area contributed by atoms with Crippen molar-refractivity contribution >= 4 is 6.29 Å². The lowest BCUT2D eigenvalue weighted by Crippen LogP contribution is -1.90. The van der Waals surface area contributed by atoms with Crippen molar-refractivity contribution in [3.05, 3.63) is 11.6 Å². The first-order valence-corrected chi connectivity index (χ1v) is 4.67. The number of carbonyl (C=O) groups is 1. The predicted molar refractivity (Wildman–Crippen MR) is 50.9 cm³/mol. The highest BCUT2D eigenvalue weighted by Crippen LogP contribution is 2.54. The summed E-state index contributed by atoms with van der Waals surface area (Å²) in [4.78, 5) is 10.1. The third-order valence-electron chi connectivity index (χ3n) is 2.96. The number of hydrogen-bond donors (Lipinski definition) is 0. The van der Waals surface area contributed by atoms with Gasteiger partial charge in [-0.15, -0.1) is 0 Å². The summed E-state index contributed by atoms with van der Waals surface area (Å²) in [6, 6.07) is 0. The molecular formula is C11H18O. The Morgan fingerprint density at radius 3 is 2.58 bits per heavy atom. The van der Waals surface area contributed by atoms with Crippen LogP contribution in [0.4, 0.5) is 0 Å². The maximum atomic E-state index is 10.1. The fourth-order valence-corrected chi connectivity index (χ4v) is 1.67. The van der Waals surface area contributed by atoms with Crippen LogP contribution in [0.3, 0.4) is 0 Å². The molecule has 0 unspecified atom stereocenters. The van der Waals surface area contributed by atoms with Gasteiger partial charge in [0, 0.05) is 0 Å². The second-order valence-electron chi connectivity index (χ2n) is 4.58. The van der Waals surface area contributed by atoms with Crippen molar-refractivity contribution in [2.24, 2.45) is 11.3 Å². The minimum atomic E-state index is 0.585. The highest BCUT2D eigenvalue weighted by Gasteiger charge is 2.44. The van der Waals surface area contributed by atoms with Gasteiger partial charge in [-0.05, 0) is 43.6 Å². The minimum absolute atomic E-state index is 0.585. The molecule has 1 atom stereocenters. The molecule has 1 heteroatoms. The Bertz CT molecular complexity index is 201. The van der Waals surface area contributed by atoms with Crippen LogP contribution in [-0.2, 0) is 4.79 Å². The highest BCUT2D eigenvalue weighted by atomic mass is 16.1. The van der Waals surface area contributed by atoms with Crippen LogP contribution in [0.1, 0.15) is 40.0 Å². The molecule has 1 aliphatic rings. The van der Waals surface area contributed by atoms with Gasteiger partial charge in [0.2, 0.25) is 0 Å². The van der Waals surface area contributed by atoms with Crippen LogP contribution >= 0.6 is 0 Å². The smallest absolute Gasteiger partial charge is 0.142 e. The Hall–Kier alpha value is -0.590. The highest BCUT2D eigenvalue weighted by molar-refractivity contribution is 5.65. The Balaban J connectivity index is 2.19. The zero-order chi connectivity index (χ0) is 9.19. The fourth-order valence-electron chi connectivity index (χ4n) is 1.67. The third kappa shape index (κ3) is 2.47. The summed E-state index contributed by atoms with van der Waals surface area (Å²) in [6.45, 7) is 6.66. The van der Waals surface area contributed by atoms with Crippen LogP contribution < -0.4 is 0 Å². The molecule has 1 rings (SSSR count). The summed E-state index contributed by atoms with van der Waals surface area (Å²) < 4.78 is 0. The lowest BCUT2D eigenvalue weighted by Gasteiger charge is -2.02. The van der Waals surface area contributed by atoms with Gasteiger partial charge in [0.25, 0.3) is 0 Å². The van der Waals surface area contributed by atoms with Crippen molar-refractivity contribution in [1.82, 2.24) is 0 Å². The standard InChI is InChI=1S/C11H18O/c1-9(6-7-12)4-5-10-8-11(10,2)3/h6-7,10H,4-5,8H2,1-3H3/b9-6+/t10-/m0/s1. The summed E-state index contributed by atoms with van der Waals surface area (Å²) in [5.74, 6) is 0.896. The van der Waals surface area contributed by atoms with Gasteiger partial charge < -0.3 is 0 Å². The van der Waals surface area contributed by atoms with Crippen molar-refractivity contribution in [2.75, 3.05) is 0 Å². The van der Waals surface area contributed by atoms with E-state index in [4.69, 9.17) is 0 Å². The molecule has 1 fully saturated rings. The molecule has 0 aromatic carbocycles. The van der Waals surface area contributed by atoms with E-state index in [0.29, 0.717) is 5.41 Å². The summed E-state index contributed by atoms with van der Waals surface area (Å²) >= 11 is 0. The largest absolute Gasteiger partial charge is 0.299 e. The zero-order valence-electron chi connectivity index (χ0n) is 8.26. The molecule has 0 aromatic rings. The SMILES string of the molecule is C/C(=C\C=O)CC[C@H]1CC1(C)C. The molecule has 0 radical (unpaired) electrons. The first kappa shape index (κ1) is 9.50.